The number of amides is 1. The van der Waals surface area contributed by atoms with Gasteiger partial charge in [-0.3, -0.25) is 13.9 Å². The molecule has 0 unspecified atom stereocenters. The second-order valence-corrected chi connectivity index (χ2v) is 7.62. The molecule has 158 valence electrons. The lowest BCUT2D eigenvalue weighted by atomic mass is 10.1. The van der Waals surface area contributed by atoms with Gasteiger partial charge in [-0.2, -0.15) is 5.10 Å². The van der Waals surface area contributed by atoms with Gasteiger partial charge in [0, 0.05) is 18.0 Å². The van der Waals surface area contributed by atoms with Crippen LogP contribution in [0.15, 0.2) is 91.3 Å². The number of rotatable bonds is 6. The molecule has 0 spiro atoms. The molecule has 0 radical (unpaired) electrons. The molecule has 3 heterocycles. The minimum absolute atomic E-state index is 0.205. The van der Waals surface area contributed by atoms with Crippen LogP contribution in [0.5, 0.6) is 0 Å². The van der Waals surface area contributed by atoms with E-state index in [2.05, 4.69) is 15.5 Å². The smallest absolute Gasteiger partial charge is 0.255 e. The summed E-state index contributed by atoms with van der Waals surface area (Å²) in [7, 11) is 0. The van der Waals surface area contributed by atoms with Gasteiger partial charge >= 0.3 is 0 Å². The van der Waals surface area contributed by atoms with Crippen LogP contribution in [-0.2, 0) is 6.54 Å². The molecule has 0 aliphatic carbocycles. The molecule has 0 saturated heterocycles. The molecule has 5 rings (SSSR count). The van der Waals surface area contributed by atoms with E-state index in [0.29, 0.717) is 23.6 Å². The predicted molar refractivity (Wildman–Crippen MR) is 122 cm³/mol. The van der Waals surface area contributed by atoms with Crippen molar-refractivity contribution in [1.29, 1.82) is 0 Å². The first kappa shape index (κ1) is 19.7. The molecule has 2 aromatic carbocycles. The monoisotopic (exact) mass is 422 g/mol. The number of carbonyl (C=O) groups is 1. The van der Waals surface area contributed by atoms with E-state index in [0.717, 1.165) is 16.8 Å². The van der Waals surface area contributed by atoms with Crippen LogP contribution in [0, 0.1) is 0 Å². The molecule has 0 bridgehead atoms. The maximum Gasteiger partial charge on any atom is 0.255 e. The maximum absolute atomic E-state index is 13.3. The van der Waals surface area contributed by atoms with E-state index in [1.54, 1.807) is 6.20 Å². The van der Waals surface area contributed by atoms with E-state index in [1.807, 2.05) is 101 Å². The number of carbonyl (C=O) groups excluding carboxylic acids is 1. The van der Waals surface area contributed by atoms with Gasteiger partial charge in [-0.05, 0) is 24.6 Å². The third kappa shape index (κ3) is 3.88. The number of hydrogen-bond donors (Lipinski definition) is 1. The Morgan fingerprint density at radius 3 is 2.44 bits per heavy atom. The fraction of sp³-hybridized carbons (Fsp3) is 0.120. The second kappa shape index (κ2) is 8.47. The van der Waals surface area contributed by atoms with E-state index in [9.17, 15) is 4.79 Å². The molecule has 1 N–H and O–H groups in total. The quantitative estimate of drug-likeness (QED) is 0.446. The van der Waals surface area contributed by atoms with E-state index in [1.165, 1.54) is 0 Å². The third-order valence-electron chi connectivity index (χ3n) is 5.32. The van der Waals surface area contributed by atoms with Crippen molar-refractivity contribution in [1.82, 2.24) is 29.7 Å². The zero-order chi connectivity index (χ0) is 21.9. The highest BCUT2D eigenvalue weighted by Gasteiger charge is 2.22. The van der Waals surface area contributed by atoms with Gasteiger partial charge in [0.05, 0.1) is 18.2 Å². The Morgan fingerprint density at radius 1 is 0.938 bits per heavy atom. The minimum Gasteiger partial charge on any atom is -0.342 e. The number of benzene rings is 2. The topological polar surface area (TPSA) is 77.1 Å². The highest BCUT2D eigenvalue weighted by atomic mass is 16.1. The molecule has 1 atom stereocenters. The molecule has 7 heteroatoms. The van der Waals surface area contributed by atoms with Crippen LogP contribution < -0.4 is 5.32 Å². The van der Waals surface area contributed by atoms with Gasteiger partial charge in [-0.15, -0.1) is 10.2 Å². The lowest BCUT2D eigenvalue weighted by Gasteiger charge is -2.12. The Bertz CT molecular complexity index is 1360. The van der Waals surface area contributed by atoms with E-state index >= 15 is 0 Å². The Labute approximate surface area is 185 Å². The largest absolute Gasteiger partial charge is 0.342 e. The van der Waals surface area contributed by atoms with E-state index in [-0.39, 0.29) is 11.9 Å². The summed E-state index contributed by atoms with van der Waals surface area (Å²) in [5.74, 6) is 0.468. The van der Waals surface area contributed by atoms with Gasteiger partial charge in [0.15, 0.2) is 11.5 Å². The van der Waals surface area contributed by atoms with Crippen molar-refractivity contribution in [2.75, 3.05) is 0 Å². The second-order valence-electron chi connectivity index (χ2n) is 7.62. The summed E-state index contributed by atoms with van der Waals surface area (Å²) in [6, 6.07) is 25.2. The van der Waals surface area contributed by atoms with Gasteiger partial charge < -0.3 is 5.32 Å². The first-order valence-electron chi connectivity index (χ1n) is 10.5. The van der Waals surface area contributed by atoms with Crippen LogP contribution >= 0.6 is 0 Å². The molecule has 3 aromatic heterocycles. The average Bonchev–Trinajstić information content (AvgIpc) is 3.45. The van der Waals surface area contributed by atoms with Crippen LogP contribution in [0.25, 0.3) is 16.9 Å². The third-order valence-corrected chi connectivity index (χ3v) is 5.32. The lowest BCUT2D eigenvalue weighted by molar-refractivity contribution is 0.0938. The highest BCUT2D eigenvalue weighted by Crippen LogP contribution is 2.23. The van der Waals surface area contributed by atoms with Crippen molar-refractivity contribution in [2.45, 2.75) is 19.5 Å². The summed E-state index contributed by atoms with van der Waals surface area (Å²) >= 11 is 0. The Morgan fingerprint density at radius 2 is 1.66 bits per heavy atom. The highest BCUT2D eigenvalue weighted by molar-refractivity contribution is 6.00. The molecule has 0 aliphatic rings. The van der Waals surface area contributed by atoms with Crippen LogP contribution in [-0.4, -0.2) is 30.3 Å². The number of pyridine rings is 1. The fourth-order valence-corrected chi connectivity index (χ4v) is 3.74. The van der Waals surface area contributed by atoms with Gasteiger partial charge in [0.2, 0.25) is 0 Å². The Balaban J connectivity index is 1.46. The van der Waals surface area contributed by atoms with E-state index in [4.69, 9.17) is 5.10 Å². The fourth-order valence-electron chi connectivity index (χ4n) is 3.74. The maximum atomic E-state index is 13.3. The van der Waals surface area contributed by atoms with E-state index < -0.39 is 0 Å². The van der Waals surface area contributed by atoms with Crippen molar-refractivity contribution >= 4 is 11.6 Å². The molecule has 0 fully saturated rings. The minimum atomic E-state index is -0.332. The Hall–Kier alpha value is -4.26. The van der Waals surface area contributed by atoms with Gasteiger partial charge in [-0.25, -0.2) is 0 Å². The zero-order valence-electron chi connectivity index (χ0n) is 17.6. The van der Waals surface area contributed by atoms with Crippen molar-refractivity contribution < 1.29 is 4.79 Å². The molecule has 7 nitrogen and oxygen atoms in total. The molecule has 32 heavy (non-hydrogen) atoms. The summed E-state index contributed by atoms with van der Waals surface area (Å²) in [6.07, 6.45) is 3.69. The average molecular weight is 422 g/mol. The van der Waals surface area contributed by atoms with Crippen LogP contribution in [0.1, 0.15) is 34.7 Å². The summed E-state index contributed by atoms with van der Waals surface area (Å²) < 4.78 is 3.69. The van der Waals surface area contributed by atoms with Crippen molar-refractivity contribution in [3.63, 3.8) is 0 Å². The normalized spacial score (nSPS) is 12.0. The van der Waals surface area contributed by atoms with Crippen molar-refractivity contribution in [3.05, 3.63) is 108 Å². The Kier molecular flexibility index (Phi) is 5.21. The summed E-state index contributed by atoms with van der Waals surface area (Å²) in [5.41, 5.74) is 3.92. The zero-order valence-corrected chi connectivity index (χ0v) is 17.6. The molecule has 0 saturated carbocycles. The van der Waals surface area contributed by atoms with Crippen LogP contribution in [0.3, 0.4) is 0 Å². The number of hydrogen-bond acceptors (Lipinski definition) is 4. The SMILES string of the molecule is C[C@@H](NC(=O)c1cn(Cc2ccccc2)nc1-c1ccccc1)c1nnc2ccccn12. The lowest BCUT2D eigenvalue weighted by Crippen LogP contribution is -2.28. The number of nitrogens with one attached hydrogen (secondary N) is 1. The van der Waals surface area contributed by atoms with Gasteiger partial charge in [0.25, 0.3) is 5.91 Å². The van der Waals surface area contributed by atoms with Crippen LogP contribution in [0.2, 0.25) is 0 Å². The molecule has 0 aliphatic heterocycles. The summed E-state index contributed by atoms with van der Waals surface area (Å²) in [5, 5.41) is 16.2. The summed E-state index contributed by atoms with van der Waals surface area (Å²) in [6.45, 7) is 2.48. The molecule has 5 aromatic rings. The first-order chi connectivity index (χ1) is 15.7. The first-order valence-corrected chi connectivity index (χ1v) is 10.5. The molecular formula is C25H22N6O. The molecular weight excluding hydrogens is 400 g/mol. The number of aromatic nitrogens is 5. The number of fused-ring (bicyclic) bond motifs is 1. The van der Waals surface area contributed by atoms with Crippen molar-refractivity contribution in [3.8, 4) is 11.3 Å². The van der Waals surface area contributed by atoms with Gasteiger partial charge in [-0.1, -0.05) is 66.7 Å². The summed E-state index contributed by atoms with van der Waals surface area (Å²) in [4.78, 5) is 13.3. The van der Waals surface area contributed by atoms with Gasteiger partial charge in [0.1, 0.15) is 5.69 Å². The molecule has 1 amide bonds. The van der Waals surface area contributed by atoms with Crippen LogP contribution in [0.4, 0.5) is 0 Å². The number of nitrogens with zero attached hydrogens (tertiary/aromatic N) is 5. The van der Waals surface area contributed by atoms with Crippen molar-refractivity contribution in [2.24, 2.45) is 0 Å². The predicted octanol–water partition coefficient (Wildman–Crippen LogP) is 4.13. The standard InChI is InChI=1S/C25H22N6O/c1-18(24-28-27-22-14-8-9-15-31(22)24)26-25(32)21-17-30(16-19-10-4-2-5-11-19)29-23(21)20-12-6-3-7-13-20/h2-15,17-18H,16H2,1H3,(H,26,32)/t18-/m1/s1.